The quantitative estimate of drug-likeness (QED) is 0.0569. The van der Waals surface area contributed by atoms with E-state index in [0.29, 0.717) is 34.2 Å². The van der Waals surface area contributed by atoms with Crippen molar-refractivity contribution in [3.05, 3.63) is 0 Å². The number of halogens is 6. The summed E-state index contributed by atoms with van der Waals surface area (Å²) in [5.41, 5.74) is -10.7. The van der Waals surface area contributed by atoms with Crippen molar-refractivity contribution in [2.45, 2.75) is 11.0 Å². The molecule has 0 atom stereocenters. The zero-order valence-corrected chi connectivity index (χ0v) is 32.2. The van der Waals surface area contributed by atoms with Crippen LogP contribution >= 0.6 is 0 Å². The predicted octanol–water partition coefficient (Wildman–Crippen LogP) is -5.46. The molecule has 0 fully saturated rings. The van der Waals surface area contributed by atoms with Crippen LogP contribution < -0.4 is 0 Å². The Bertz CT molecular complexity index is 639. The fourth-order valence-electron chi connectivity index (χ4n) is 0.672. The van der Waals surface area contributed by atoms with E-state index in [-0.39, 0.29) is 17.1 Å². The third-order valence-corrected chi connectivity index (χ3v) is 74.5. The smallest absolute Gasteiger partial charge is 0.314 e. The molecule has 0 saturated heterocycles. The normalized spacial score (nSPS) is 13.6. The summed E-state index contributed by atoms with van der Waals surface area (Å²) in [7, 11) is -2.85. The Balaban J connectivity index is 3.37. The fourth-order valence-corrected chi connectivity index (χ4v) is 102. The lowest BCUT2D eigenvalue weighted by Gasteiger charge is -2.06. The van der Waals surface area contributed by atoms with Gasteiger partial charge in [0.25, 0.3) is 0 Å². The maximum atomic E-state index is 12.1. The van der Waals surface area contributed by atoms with Crippen LogP contribution in [0.4, 0.5) is 26.3 Å². The molecular weight excluding hydrogens is 748 g/mol. The first-order valence-corrected chi connectivity index (χ1v) is 40.3. The number of hydrogen-bond donors (Lipinski definition) is 0. The molecule has 0 unspecified atom stereocenters. The summed E-state index contributed by atoms with van der Waals surface area (Å²) >= 11 is 0. The molecule has 0 amide bonds. The molecule has 32 radical (unpaired) electrons. The van der Waals surface area contributed by atoms with Crippen LogP contribution in [-0.4, -0.2) is 166 Å². The molecule has 30 heteroatoms. The molecule has 0 saturated carbocycles. The van der Waals surface area contributed by atoms with Gasteiger partial charge >= 0.3 is 31.3 Å². The highest BCUT2D eigenvalue weighted by molar-refractivity contribution is 7.89. The van der Waals surface area contributed by atoms with E-state index in [2.05, 4.69) is 7.74 Å². The highest BCUT2D eigenvalue weighted by atomic mass is 32.2. The first kappa shape index (κ1) is 34.9. The van der Waals surface area contributed by atoms with E-state index in [4.69, 9.17) is 0 Å². The van der Waals surface area contributed by atoms with Crippen molar-refractivity contribution in [3.8, 4) is 0 Å². The second kappa shape index (κ2) is 18.2. The molecule has 0 aromatic rings. The first-order valence-electron chi connectivity index (χ1n) is 6.70. The van der Waals surface area contributed by atoms with E-state index in [9.17, 15) is 43.2 Å². The molecule has 0 aliphatic rings. The minimum atomic E-state index is -5.46. The van der Waals surface area contributed by atoms with E-state index < -0.39 is 49.8 Å². The Morgan fingerprint density at radius 3 is 0.781 bits per heavy atom. The SMILES string of the molecule is O=S(=O)(O[Si][Si][Si][Si][Si][Si][Si][Si][Si][Si][Si][Si][Si][Si][Si][Si]OS(=O)(=O)C(F)(F)F)C(F)(F)F. The summed E-state index contributed by atoms with van der Waals surface area (Å²) in [6, 6.07) is 0. The summed E-state index contributed by atoms with van der Waals surface area (Å²) < 4.78 is 123. The molecule has 0 spiro atoms. The summed E-state index contributed by atoms with van der Waals surface area (Å²) in [5, 5.41) is 0. The van der Waals surface area contributed by atoms with Gasteiger partial charge < -0.3 is 7.74 Å². The van der Waals surface area contributed by atoms with Crippen LogP contribution in [0.15, 0.2) is 0 Å². The molecule has 0 aliphatic carbocycles. The highest BCUT2D eigenvalue weighted by Crippen LogP contribution is 2.24. The van der Waals surface area contributed by atoms with Gasteiger partial charge in [-0.25, -0.2) is 0 Å². The highest BCUT2D eigenvalue weighted by Gasteiger charge is 2.47. The van der Waals surface area contributed by atoms with Gasteiger partial charge in [-0.2, -0.15) is 43.2 Å². The first-order chi connectivity index (χ1) is 14.7. The van der Waals surface area contributed by atoms with Crippen LogP contribution in [0.25, 0.3) is 0 Å². The molecular formula is C2F6O6S2Si16. The van der Waals surface area contributed by atoms with Crippen molar-refractivity contribution in [2.24, 2.45) is 0 Å². The van der Waals surface area contributed by atoms with Crippen molar-refractivity contribution < 1.29 is 50.9 Å². The monoisotopic (exact) mass is 746 g/mol. The van der Waals surface area contributed by atoms with Crippen molar-refractivity contribution >= 4 is 159 Å². The van der Waals surface area contributed by atoms with Crippen LogP contribution in [0.3, 0.4) is 0 Å². The molecule has 32 heavy (non-hydrogen) atoms. The average molecular weight is 748 g/mol. The van der Waals surface area contributed by atoms with Gasteiger partial charge in [-0.1, -0.05) is 0 Å². The Morgan fingerprint density at radius 1 is 0.406 bits per heavy atom. The minimum absolute atomic E-state index is 0.0938. The number of alkyl halides is 6. The molecule has 0 aromatic carbocycles. The van der Waals surface area contributed by atoms with E-state index in [0.717, 1.165) is 68.4 Å². The van der Waals surface area contributed by atoms with Crippen LogP contribution in [0.5, 0.6) is 0 Å². The molecule has 0 N–H and O–H groups in total. The van der Waals surface area contributed by atoms with Crippen molar-refractivity contribution in [1.82, 2.24) is 0 Å². The number of rotatable bonds is 19. The summed E-state index contributed by atoms with van der Waals surface area (Å²) in [4.78, 5) is 0. The van der Waals surface area contributed by atoms with Crippen molar-refractivity contribution in [1.29, 1.82) is 0 Å². The van der Waals surface area contributed by atoms with Gasteiger partial charge in [0.1, 0.15) is 0 Å². The van der Waals surface area contributed by atoms with Crippen molar-refractivity contribution in [2.75, 3.05) is 0 Å². The van der Waals surface area contributed by atoms with Gasteiger partial charge in [-0.05, 0) is 0 Å². The standard InChI is InChI=1S/C2F6O6S2Si16/c3-1(4,5)15(9,10)13-17-19-21-23-25-27-29-31-32-30-28-26-24-22-20-18-14-16(11,12)2(6,7)8. The lowest BCUT2D eigenvalue weighted by Crippen LogP contribution is -2.36. The van der Waals surface area contributed by atoms with E-state index in [1.165, 1.54) is 0 Å². The van der Waals surface area contributed by atoms with Crippen molar-refractivity contribution in [3.63, 3.8) is 0 Å². The van der Waals surface area contributed by atoms with Crippen LogP contribution in [0.1, 0.15) is 0 Å². The van der Waals surface area contributed by atoms with Gasteiger partial charge in [0.15, 0.2) is 0 Å². The summed E-state index contributed by atoms with van der Waals surface area (Å²) in [5.74, 6) is 0. The molecule has 0 rings (SSSR count). The van der Waals surface area contributed by atoms with E-state index in [1.54, 1.807) is 0 Å². The molecule has 0 aromatic heterocycles. The maximum Gasteiger partial charge on any atom is 0.522 e. The molecule has 0 heterocycles. The van der Waals surface area contributed by atoms with Crippen LogP contribution in [0, 0.1) is 0 Å². The van der Waals surface area contributed by atoms with Gasteiger partial charge in [-0.15, -0.1) is 0 Å². The Kier molecular flexibility index (Phi) is 19.8. The summed E-state index contributed by atoms with van der Waals surface area (Å²) in [6.07, 6.45) is 0. The molecule has 6 nitrogen and oxygen atoms in total. The third kappa shape index (κ3) is 17.3. The lowest BCUT2D eigenvalue weighted by molar-refractivity contribution is -0.0503. The molecule has 0 aliphatic heterocycles. The zero-order chi connectivity index (χ0) is 24.7. The topological polar surface area (TPSA) is 86.7 Å². The maximum absolute atomic E-state index is 12.1. The van der Waals surface area contributed by atoms with Gasteiger partial charge in [0.05, 0.1) is 0 Å². The van der Waals surface area contributed by atoms with E-state index in [1.807, 2.05) is 0 Å². The fraction of sp³-hybridized carbons (Fsp3) is 1.00. The van der Waals surface area contributed by atoms with Crippen LogP contribution in [-0.2, 0) is 28.0 Å². The Morgan fingerprint density at radius 2 is 0.594 bits per heavy atom. The average Bonchev–Trinajstić information content (AvgIpc) is 2.65. The van der Waals surface area contributed by atoms with Gasteiger partial charge in [0.2, 0.25) is 18.6 Å². The second-order valence-electron chi connectivity index (χ2n) is 3.92. The zero-order valence-electron chi connectivity index (χ0n) is 14.5. The molecule has 162 valence electrons. The lowest BCUT2D eigenvalue weighted by atomic mass is 11.6. The molecule has 0 bridgehead atoms. The van der Waals surface area contributed by atoms with E-state index >= 15 is 0 Å². The van der Waals surface area contributed by atoms with Gasteiger partial charge in [0, 0.05) is 120 Å². The number of hydrogen-bond acceptors (Lipinski definition) is 6. The summed E-state index contributed by atoms with van der Waals surface area (Å²) in [6.45, 7) is 0. The second-order valence-corrected chi connectivity index (χ2v) is 55.1. The Labute approximate surface area is 218 Å². The predicted molar refractivity (Wildman–Crippen MR) is 124 cm³/mol. The largest absolute Gasteiger partial charge is 0.522 e. The minimum Gasteiger partial charge on any atom is -0.314 e. The van der Waals surface area contributed by atoms with Crippen LogP contribution in [0.2, 0.25) is 0 Å². The van der Waals surface area contributed by atoms with Gasteiger partial charge in [-0.3, -0.25) is 0 Å². The third-order valence-electron chi connectivity index (χ3n) is 1.78. The Hall–Kier alpha value is 2.87.